The maximum Gasteiger partial charge on any atom is 0.322 e. The van der Waals surface area contributed by atoms with E-state index >= 15 is 0 Å². The quantitative estimate of drug-likeness (QED) is 0.898. The molecule has 1 fully saturated rings. The lowest BCUT2D eigenvalue weighted by Crippen LogP contribution is -2.48. The van der Waals surface area contributed by atoms with Gasteiger partial charge in [-0.25, -0.2) is 9.18 Å². The van der Waals surface area contributed by atoms with Crippen molar-refractivity contribution in [2.45, 2.75) is 38.8 Å². The zero-order valence-corrected chi connectivity index (χ0v) is 12.2. The lowest BCUT2D eigenvalue weighted by atomic mass is 10.2. The average Bonchev–Trinajstić information content (AvgIpc) is 2.90. The second kappa shape index (κ2) is 6.56. The fraction of sp³-hybridized carbons (Fsp3) is 0.467. The van der Waals surface area contributed by atoms with Crippen molar-refractivity contribution in [1.82, 2.24) is 10.2 Å². The van der Waals surface area contributed by atoms with Crippen molar-refractivity contribution < 1.29 is 14.0 Å². The van der Waals surface area contributed by atoms with Crippen molar-refractivity contribution in [2.24, 2.45) is 0 Å². The maximum atomic E-state index is 12.8. The number of amides is 3. The van der Waals surface area contributed by atoms with Crippen LogP contribution in [-0.4, -0.2) is 35.5 Å². The molecule has 0 saturated carbocycles. The minimum atomic E-state index is -0.437. The molecule has 1 aliphatic heterocycles. The number of nitrogens with zero attached hydrogens (tertiary/aromatic N) is 1. The Morgan fingerprint density at radius 2 is 1.95 bits per heavy atom. The van der Waals surface area contributed by atoms with Gasteiger partial charge < -0.3 is 15.5 Å². The number of urea groups is 1. The molecule has 1 heterocycles. The highest BCUT2D eigenvalue weighted by Crippen LogP contribution is 2.19. The molecule has 1 saturated heterocycles. The molecule has 1 atom stereocenters. The summed E-state index contributed by atoms with van der Waals surface area (Å²) < 4.78 is 12.8. The Labute approximate surface area is 123 Å². The molecule has 2 rings (SSSR count). The first-order valence-electron chi connectivity index (χ1n) is 7.11. The molecule has 5 nitrogen and oxygen atoms in total. The van der Waals surface area contributed by atoms with Gasteiger partial charge in [0.15, 0.2) is 0 Å². The third kappa shape index (κ3) is 3.93. The van der Waals surface area contributed by atoms with Crippen LogP contribution in [0.4, 0.5) is 14.9 Å². The first-order chi connectivity index (χ1) is 9.97. The molecule has 2 N–H and O–H groups in total. The van der Waals surface area contributed by atoms with Crippen molar-refractivity contribution in [3.63, 3.8) is 0 Å². The summed E-state index contributed by atoms with van der Waals surface area (Å²) in [6, 6.07) is 4.82. The molecule has 1 aliphatic rings. The predicted octanol–water partition coefficient (Wildman–Crippen LogP) is 2.35. The standard InChI is InChI=1S/C15H20FN3O2/c1-10(2)17-14(20)13-4-3-9-19(13)15(21)18-12-7-5-11(16)6-8-12/h5-8,10,13H,3-4,9H2,1-2H3,(H,17,20)(H,18,21)/t13-/m1/s1. The molecule has 0 aromatic heterocycles. The van der Waals surface area contributed by atoms with Crippen LogP contribution >= 0.6 is 0 Å². The SMILES string of the molecule is CC(C)NC(=O)[C@H]1CCCN1C(=O)Nc1ccc(F)cc1. The summed E-state index contributed by atoms with van der Waals surface area (Å²) in [4.78, 5) is 25.9. The van der Waals surface area contributed by atoms with Gasteiger partial charge in [0, 0.05) is 18.3 Å². The topological polar surface area (TPSA) is 61.4 Å². The molecule has 21 heavy (non-hydrogen) atoms. The zero-order chi connectivity index (χ0) is 15.4. The summed E-state index contributed by atoms with van der Waals surface area (Å²) in [7, 11) is 0. The van der Waals surface area contributed by atoms with E-state index in [1.54, 1.807) is 0 Å². The molecule has 1 aromatic rings. The molecule has 0 radical (unpaired) electrons. The van der Waals surface area contributed by atoms with E-state index in [4.69, 9.17) is 0 Å². The first-order valence-corrected chi connectivity index (χ1v) is 7.11. The molecular formula is C15H20FN3O2. The molecule has 3 amide bonds. The van der Waals surface area contributed by atoms with Crippen molar-refractivity contribution in [3.8, 4) is 0 Å². The number of hydrogen-bond acceptors (Lipinski definition) is 2. The normalized spacial score (nSPS) is 17.9. The van der Waals surface area contributed by atoms with Crippen LogP contribution in [0.5, 0.6) is 0 Å². The molecule has 0 spiro atoms. The van der Waals surface area contributed by atoms with Gasteiger partial charge in [0.2, 0.25) is 5.91 Å². The van der Waals surface area contributed by atoms with E-state index in [9.17, 15) is 14.0 Å². The molecule has 0 aliphatic carbocycles. The van der Waals surface area contributed by atoms with Crippen molar-refractivity contribution >= 4 is 17.6 Å². The largest absolute Gasteiger partial charge is 0.352 e. The lowest BCUT2D eigenvalue weighted by molar-refractivity contribution is -0.125. The second-order valence-corrected chi connectivity index (χ2v) is 5.45. The Kier molecular flexibility index (Phi) is 4.77. The van der Waals surface area contributed by atoms with E-state index in [2.05, 4.69) is 10.6 Å². The van der Waals surface area contributed by atoms with Gasteiger partial charge in [-0.15, -0.1) is 0 Å². The Balaban J connectivity index is 2.00. The van der Waals surface area contributed by atoms with Crippen LogP contribution in [0.25, 0.3) is 0 Å². The number of anilines is 1. The number of nitrogens with one attached hydrogen (secondary N) is 2. The fourth-order valence-electron chi connectivity index (χ4n) is 2.39. The van der Waals surface area contributed by atoms with Crippen molar-refractivity contribution in [1.29, 1.82) is 0 Å². The van der Waals surface area contributed by atoms with Crippen LogP contribution in [0.3, 0.4) is 0 Å². The van der Waals surface area contributed by atoms with Crippen LogP contribution < -0.4 is 10.6 Å². The average molecular weight is 293 g/mol. The Morgan fingerprint density at radius 1 is 1.29 bits per heavy atom. The first kappa shape index (κ1) is 15.3. The summed E-state index contributed by atoms with van der Waals surface area (Å²) in [5, 5.41) is 5.52. The van der Waals surface area contributed by atoms with Gasteiger partial charge >= 0.3 is 6.03 Å². The summed E-state index contributed by atoms with van der Waals surface area (Å²) in [6.45, 7) is 4.31. The number of rotatable bonds is 3. The fourth-order valence-corrected chi connectivity index (χ4v) is 2.39. The van der Waals surface area contributed by atoms with Gasteiger partial charge in [0.1, 0.15) is 11.9 Å². The third-order valence-corrected chi connectivity index (χ3v) is 3.34. The molecule has 1 aromatic carbocycles. The molecular weight excluding hydrogens is 273 g/mol. The third-order valence-electron chi connectivity index (χ3n) is 3.34. The van der Waals surface area contributed by atoms with Gasteiger partial charge in [-0.1, -0.05) is 0 Å². The Bertz CT molecular complexity index is 516. The van der Waals surface area contributed by atoms with Crippen LogP contribution in [0.2, 0.25) is 0 Å². The highest BCUT2D eigenvalue weighted by molar-refractivity contribution is 5.94. The van der Waals surface area contributed by atoms with Gasteiger partial charge in [-0.2, -0.15) is 0 Å². The van der Waals surface area contributed by atoms with Gasteiger partial charge in [0.25, 0.3) is 0 Å². The summed E-state index contributed by atoms with van der Waals surface area (Å²) in [5.74, 6) is -0.486. The summed E-state index contributed by atoms with van der Waals surface area (Å²) in [5.41, 5.74) is 0.510. The van der Waals surface area contributed by atoms with E-state index in [0.29, 0.717) is 18.7 Å². The zero-order valence-electron chi connectivity index (χ0n) is 12.2. The van der Waals surface area contributed by atoms with Crippen molar-refractivity contribution in [2.75, 3.05) is 11.9 Å². The highest BCUT2D eigenvalue weighted by atomic mass is 19.1. The van der Waals surface area contributed by atoms with E-state index in [1.165, 1.54) is 29.2 Å². The number of benzene rings is 1. The number of likely N-dealkylation sites (tertiary alicyclic amines) is 1. The van der Waals surface area contributed by atoms with Crippen LogP contribution in [0.15, 0.2) is 24.3 Å². The number of carbonyl (C=O) groups excluding carboxylic acids is 2. The van der Waals surface area contributed by atoms with Crippen LogP contribution in [0, 0.1) is 5.82 Å². The number of hydrogen-bond donors (Lipinski definition) is 2. The minimum absolute atomic E-state index is 0.0418. The maximum absolute atomic E-state index is 12.8. The van der Waals surface area contributed by atoms with Gasteiger partial charge in [-0.3, -0.25) is 4.79 Å². The van der Waals surface area contributed by atoms with Crippen LogP contribution in [0.1, 0.15) is 26.7 Å². The van der Waals surface area contributed by atoms with E-state index in [-0.39, 0.29) is 23.8 Å². The number of halogens is 1. The minimum Gasteiger partial charge on any atom is -0.352 e. The number of carbonyl (C=O) groups is 2. The molecule has 0 bridgehead atoms. The Morgan fingerprint density at radius 3 is 2.57 bits per heavy atom. The predicted molar refractivity (Wildman–Crippen MR) is 78.4 cm³/mol. The summed E-state index contributed by atoms with van der Waals surface area (Å²) >= 11 is 0. The lowest BCUT2D eigenvalue weighted by Gasteiger charge is -2.25. The monoisotopic (exact) mass is 293 g/mol. The van der Waals surface area contributed by atoms with Gasteiger partial charge in [0.05, 0.1) is 0 Å². The van der Waals surface area contributed by atoms with E-state index < -0.39 is 6.04 Å². The van der Waals surface area contributed by atoms with Gasteiger partial charge in [-0.05, 0) is 51.0 Å². The molecule has 6 heteroatoms. The smallest absolute Gasteiger partial charge is 0.322 e. The molecule has 114 valence electrons. The highest BCUT2D eigenvalue weighted by Gasteiger charge is 2.34. The summed E-state index contributed by atoms with van der Waals surface area (Å²) in [6.07, 6.45) is 1.46. The Hall–Kier alpha value is -2.11. The molecule has 0 unspecified atom stereocenters. The van der Waals surface area contributed by atoms with E-state index in [1.807, 2.05) is 13.8 Å². The second-order valence-electron chi connectivity index (χ2n) is 5.45. The van der Waals surface area contributed by atoms with Crippen LogP contribution in [-0.2, 0) is 4.79 Å². The van der Waals surface area contributed by atoms with E-state index in [0.717, 1.165) is 6.42 Å². The van der Waals surface area contributed by atoms with Crippen molar-refractivity contribution in [3.05, 3.63) is 30.1 Å².